The standard InChI is InChI=1S/C10H23N3/c1-10(5-7-11-9-10)12-6-4-8-13(2)3/h11-12H,4-9H2,1-3H3. The number of rotatable bonds is 5. The molecule has 1 fully saturated rings. The van der Waals surface area contributed by atoms with Gasteiger partial charge in [-0.15, -0.1) is 0 Å². The minimum atomic E-state index is 0.353. The van der Waals surface area contributed by atoms with Crippen molar-refractivity contribution in [3.05, 3.63) is 0 Å². The predicted octanol–water partition coefficient (Wildman–Crippen LogP) is 0.280. The van der Waals surface area contributed by atoms with E-state index in [4.69, 9.17) is 0 Å². The summed E-state index contributed by atoms with van der Waals surface area (Å²) >= 11 is 0. The minimum Gasteiger partial charge on any atom is -0.315 e. The summed E-state index contributed by atoms with van der Waals surface area (Å²) in [5.41, 5.74) is 0.353. The molecule has 1 rings (SSSR count). The quantitative estimate of drug-likeness (QED) is 0.603. The van der Waals surface area contributed by atoms with Crippen molar-refractivity contribution in [1.29, 1.82) is 0 Å². The van der Waals surface area contributed by atoms with Crippen LogP contribution in [-0.4, -0.2) is 50.7 Å². The molecule has 0 aromatic rings. The molecule has 1 aliphatic heterocycles. The van der Waals surface area contributed by atoms with Gasteiger partial charge in [0.2, 0.25) is 0 Å². The number of hydrogen-bond acceptors (Lipinski definition) is 3. The minimum absolute atomic E-state index is 0.353. The second kappa shape index (κ2) is 4.94. The third-order valence-electron chi connectivity index (χ3n) is 2.70. The van der Waals surface area contributed by atoms with Gasteiger partial charge in [0.1, 0.15) is 0 Å². The van der Waals surface area contributed by atoms with Gasteiger partial charge in [-0.1, -0.05) is 0 Å². The van der Waals surface area contributed by atoms with Gasteiger partial charge < -0.3 is 15.5 Å². The van der Waals surface area contributed by atoms with Gasteiger partial charge in [0.15, 0.2) is 0 Å². The monoisotopic (exact) mass is 185 g/mol. The lowest BCUT2D eigenvalue weighted by atomic mass is 10.0. The highest BCUT2D eigenvalue weighted by Gasteiger charge is 2.26. The zero-order chi connectivity index (χ0) is 9.73. The van der Waals surface area contributed by atoms with E-state index < -0.39 is 0 Å². The molecule has 3 heteroatoms. The van der Waals surface area contributed by atoms with Crippen molar-refractivity contribution in [2.75, 3.05) is 40.3 Å². The summed E-state index contributed by atoms with van der Waals surface area (Å²) in [6.07, 6.45) is 2.50. The molecule has 0 spiro atoms. The zero-order valence-corrected chi connectivity index (χ0v) is 9.19. The lowest BCUT2D eigenvalue weighted by Crippen LogP contribution is -2.44. The molecule has 2 N–H and O–H groups in total. The van der Waals surface area contributed by atoms with Crippen LogP contribution >= 0.6 is 0 Å². The Hall–Kier alpha value is -0.120. The van der Waals surface area contributed by atoms with Crippen LogP contribution in [0.4, 0.5) is 0 Å². The molecule has 0 aliphatic carbocycles. The van der Waals surface area contributed by atoms with Crippen molar-refractivity contribution >= 4 is 0 Å². The molecule has 78 valence electrons. The molecule has 1 saturated heterocycles. The SMILES string of the molecule is CN(C)CCCNC1(C)CCNC1. The first kappa shape index (κ1) is 11.0. The smallest absolute Gasteiger partial charge is 0.0289 e. The number of nitrogens with one attached hydrogen (secondary N) is 2. The third kappa shape index (κ3) is 4.07. The molecule has 0 aromatic heterocycles. The van der Waals surface area contributed by atoms with Gasteiger partial charge in [0.25, 0.3) is 0 Å². The molecule has 0 saturated carbocycles. The van der Waals surface area contributed by atoms with E-state index in [9.17, 15) is 0 Å². The van der Waals surface area contributed by atoms with Crippen molar-refractivity contribution < 1.29 is 0 Å². The maximum Gasteiger partial charge on any atom is 0.0289 e. The highest BCUT2D eigenvalue weighted by atomic mass is 15.1. The zero-order valence-electron chi connectivity index (χ0n) is 9.19. The van der Waals surface area contributed by atoms with Gasteiger partial charge in [0.05, 0.1) is 0 Å². The van der Waals surface area contributed by atoms with Gasteiger partial charge in [-0.3, -0.25) is 0 Å². The van der Waals surface area contributed by atoms with Crippen LogP contribution in [-0.2, 0) is 0 Å². The van der Waals surface area contributed by atoms with E-state index in [1.165, 1.54) is 19.4 Å². The molecule has 1 aliphatic rings. The average Bonchev–Trinajstić information content (AvgIpc) is 2.47. The van der Waals surface area contributed by atoms with Crippen LogP contribution in [0, 0.1) is 0 Å². The molecular formula is C10H23N3. The molecule has 0 radical (unpaired) electrons. The first-order valence-electron chi connectivity index (χ1n) is 5.23. The van der Waals surface area contributed by atoms with E-state index in [0.29, 0.717) is 5.54 Å². The van der Waals surface area contributed by atoms with Crippen LogP contribution in [0.25, 0.3) is 0 Å². The average molecular weight is 185 g/mol. The van der Waals surface area contributed by atoms with E-state index >= 15 is 0 Å². The van der Waals surface area contributed by atoms with Crippen LogP contribution in [0.3, 0.4) is 0 Å². The van der Waals surface area contributed by atoms with Crippen LogP contribution in [0.15, 0.2) is 0 Å². The molecule has 1 unspecified atom stereocenters. The summed E-state index contributed by atoms with van der Waals surface area (Å²) < 4.78 is 0. The van der Waals surface area contributed by atoms with Gasteiger partial charge in [-0.05, 0) is 53.5 Å². The Balaban J connectivity index is 2.04. The Morgan fingerprint density at radius 3 is 2.77 bits per heavy atom. The molecule has 0 bridgehead atoms. The van der Waals surface area contributed by atoms with Crippen molar-refractivity contribution in [1.82, 2.24) is 15.5 Å². The second-order valence-corrected chi connectivity index (χ2v) is 4.57. The maximum absolute atomic E-state index is 3.62. The summed E-state index contributed by atoms with van der Waals surface area (Å²) in [7, 11) is 4.25. The van der Waals surface area contributed by atoms with Gasteiger partial charge in [-0.25, -0.2) is 0 Å². The molecular weight excluding hydrogens is 162 g/mol. The van der Waals surface area contributed by atoms with E-state index in [2.05, 4.69) is 36.6 Å². The summed E-state index contributed by atoms with van der Waals surface area (Å²) in [6.45, 7) is 6.90. The summed E-state index contributed by atoms with van der Waals surface area (Å²) in [6, 6.07) is 0. The van der Waals surface area contributed by atoms with Crippen molar-refractivity contribution in [2.45, 2.75) is 25.3 Å². The Morgan fingerprint density at radius 2 is 2.23 bits per heavy atom. The molecule has 1 atom stereocenters. The molecule has 13 heavy (non-hydrogen) atoms. The number of nitrogens with zero attached hydrogens (tertiary/aromatic N) is 1. The Morgan fingerprint density at radius 1 is 1.46 bits per heavy atom. The fourth-order valence-corrected chi connectivity index (χ4v) is 1.75. The van der Waals surface area contributed by atoms with E-state index in [1.54, 1.807) is 0 Å². The first-order chi connectivity index (χ1) is 6.12. The Kier molecular flexibility index (Phi) is 4.16. The second-order valence-electron chi connectivity index (χ2n) is 4.57. The van der Waals surface area contributed by atoms with E-state index in [1.807, 2.05) is 0 Å². The topological polar surface area (TPSA) is 27.3 Å². The first-order valence-corrected chi connectivity index (χ1v) is 5.23. The number of hydrogen-bond donors (Lipinski definition) is 2. The van der Waals surface area contributed by atoms with Crippen molar-refractivity contribution in [2.24, 2.45) is 0 Å². The fraction of sp³-hybridized carbons (Fsp3) is 1.00. The molecule has 0 aromatic carbocycles. The van der Waals surface area contributed by atoms with Crippen LogP contribution in [0.1, 0.15) is 19.8 Å². The normalized spacial score (nSPS) is 28.6. The summed E-state index contributed by atoms with van der Waals surface area (Å²) in [4.78, 5) is 2.23. The van der Waals surface area contributed by atoms with Crippen molar-refractivity contribution in [3.63, 3.8) is 0 Å². The van der Waals surface area contributed by atoms with E-state index in [0.717, 1.165) is 19.6 Å². The largest absolute Gasteiger partial charge is 0.315 e. The highest BCUT2D eigenvalue weighted by molar-refractivity contribution is 4.91. The highest BCUT2D eigenvalue weighted by Crippen LogP contribution is 2.12. The van der Waals surface area contributed by atoms with Crippen molar-refractivity contribution in [3.8, 4) is 0 Å². The van der Waals surface area contributed by atoms with Gasteiger partial charge in [0, 0.05) is 12.1 Å². The van der Waals surface area contributed by atoms with E-state index in [-0.39, 0.29) is 0 Å². The summed E-state index contributed by atoms with van der Waals surface area (Å²) in [5, 5.41) is 7.01. The molecule has 1 heterocycles. The molecule has 3 nitrogen and oxygen atoms in total. The van der Waals surface area contributed by atoms with Crippen LogP contribution in [0.2, 0.25) is 0 Å². The summed E-state index contributed by atoms with van der Waals surface area (Å²) in [5.74, 6) is 0. The maximum atomic E-state index is 3.62. The Bertz CT molecular complexity index is 139. The fourth-order valence-electron chi connectivity index (χ4n) is 1.75. The van der Waals surface area contributed by atoms with Gasteiger partial charge in [-0.2, -0.15) is 0 Å². The van der Waals surface area contributed by atoms with Gasteiger partial charge >= 0.3 is 0 Å². The van der Waals surface area contributed by atoms with Crippen LogP contribution < -0.4 is 10.6 Å². The lowest BCUT2D eigenvalue weighted by Gasteiger charge is -2.24. The third-order valence-corrected chi connectivity index (χ3v) is 2.70. The predicted molar refractivity (Wildman–Crippen MR) is 57.1 cm³/mol. The lowest BCUT2D eigenvalue weighted by molar-refractivity contribution is 0.350. The molecule has 0 amide bonds. The van der Waals surface area contributed by atoms with Crippen LogP contribution in [0.5, 0.6) is 0 Å². The Labute approximate surface area is 81.9 Å².